The van der Waals surface area contributed by atoms with Gasteiger partial charge >= 0.3 is 12.1 Å². The third-order valence-corrected chi connectivity index (χ3v) is 3.96. The van der Waals surface area contributed by atoms with Gasteiger partial charge in [0.1, 0.15) is 11.4 Å². The van der Waals surface area contributed by atoms with Gasteiger partial charge in [-0.05, 0) is 30.3 Å². The summed E-state index contributed by atoms with van der Waals surface area (Å²) in [4.78, 5) is 37.0. The first-order valence-corrected chi connectivity index (χ1v) is 8.89. The van der Waals surface area contributed by atoms with Crippen molar-refractivity contribution in [3.05, 3.63) is 81.1 Å². The Morgan fingerprint density at radius 3 is 2.31 bits per heavy atom. The van der Waals surface area contributed by atoms with Crippen LogP contribution in [0.4, 0.5) is 17.6 Å². The molecule has 0 aliphatic rings. The second-order valence-corrected chi connectivity index (χ2v) is 6.39. The number of hydrogen-bond acceptors (Lipinski definition) is 5. The number of aromatic amines is 1. The third kappa shape index (κ3) is 6.87. The molecule has 0 saturated carbocycles. The van der Waals surface area contributed by atoms with E-state index in [0.717, 1.165) is 6.07 Å². The quantitative estimate of drug-likeness (QED) is 0.501. The monoisotopic (exact) mass is 472 g/mol. The van der Waals surface area contributed by atoms with E-state index in [4.69, 9.17) is 21.5 Å². The number of H-pyrrole nitrogens is 1. The summed E-state index contributed by atoms with van der Waals surface area (Å²) in [7, 11) is 0. The molecular weight excluding hydrogens is 460 g/mol. The second kappa shape index (κ2) is 10.5. The molecule has 0 radical (unpaired) electrons. The number of carbonyl (C=O) groups excluding carboxylic acids is 1. The van der Waals surface area contributed by atoms with Crippen LogP contribution >= 0.6 is 11.6 Å². The van der Waals surface area contributed by atoms with E-state index in [1.165, 1.54) is 18.2 Å². The van der Waals surface area contributed by atoms with Crippen molar-refractivity contribution >= 4 is 23.5 Å². The molecule has 0 bridgehead atoms. The van der Waals surface area contributed by atoms with Gasteiger partial charge in [0.05, 0.1) is 5.69 Å². The first-order chi connectivity index (χ1) is 15.0. The number of carboxylic acids is 1. The molecule has 0 saturated heterocycles. The molecule has 32 heavy (non-hydrogen) atoms. The minimum atomic E-state index is -5.08. The highest BCUT2D eigenvalue weighted by molar-refractivity contribution is 6.30. The van der Waals surface area contributed by atoms with Crippen molar-refractivity contribution in [1.82, 2.24) is 20.5 Å². The summed E-state index contributed by atoms with van der Waals surface area (Å²) in [6.07, 6.45) is -1.93. The third-order valence-electron chi connectivity index (χ3n) is 3.72. The molecule has 8 nitrogen and oxygen atoms in total. The Labute approximate surface area is 181 Å². The van der Waals surface area contributed by atoms with E-state index in [9.17, 15) is 27.2 Å². The molecule has 3 rings (SSSR count). The van der Waals surface area contributed by atoms with Crippen LogP contribution in [-0.4, -0.2) is 38.3 Å². The summed E-state index contributed by atoms with van der Waals surface area (Å²) in [6.45, 7) is -0.0752. The molecule has 0 fully saturated rings. The molecule has 1 amide bonds. The van der Waals surface area contributed by atoms with Crippen molar-refractivity contribution in [1.29, 1.82) is 0 Å². The van der Waals surface area contributed by atoms with Gasteiger partial charge in [0.25, 0.3) is 11.5 Å². The lowest BCUT2D eigenvalue weighted by molar-refractivity contribution is -0.192. The van der Waals surface area contributed by atoms with Crippen molar-refractivity contribution in [3.8, 4) is 11.3 Å². The molecule has 2 heterocycles. The molecular formula is C19H13ClF4N4O4. The Balaban J connectivity index is 0.000000451. The van der Waals surface area contributed by atoms with Gasteiger partial charge < -0.3 is 10.4 Å². The number of carbonyl (C=O) groups is 2. The Morgan fingerprint density at radius 1 is 1.12 bits per heavy atom. The number of nitrogens with zero attached hydrogens (tertiary/aromatic N) is 2. The molecule has 3 N–H and O–H groups in total. The summed E-state index contributed by atoms with van der Waals surface area (Å²) < 4.78 is 45.5. The number of halogens is 5. The van der Waals surface area contributed by atoms with Gasteiger partial charge in [-0.15, -0.1) is 0 Å². The number of amides is 1. The van der Waals surface area contributed by atoms with Gasteiger partial charge in [-0.1, -0.05) is 17.7 Å². The van der Waals surface area contributed by atoms with Gasteiger partial charge in [0, 0.05) is 35.1 Å². The number of aliphatic carboxylic acids is 1. The average Bonchev–Trinajstić information content (AvgIpc) is 2.73. The molecule has 3 aromatic rings. The van der Waals surface area contributed by atoms with Crippen LogP contribution in [0.5, 0.6) is 0 Å². The zero-order valence-electron chi connectivity index (χ0n) is 15.8. The second-order valence-electron chi connectivity index (χ2n) is 5.95. The topological polar surface area (TPSA) is 125 Å². The van der Waals surface area contributed by atoms with Crippen LogP contribution in [0.3, 0.4) is 0 Å². The molecule has 2 aromatic heterocycles. The largest absolute Gasteiger partial charge is 0.490 e. The highest BCUT2D eigenvalue weighted by atomic mass is 35.5. The first-order valence-electron chi connectivity index (χ1n) is 8.51. The number of hydrogen-bond donors (Lipinski definition) is 3. The minimum absolute atomic E-state index is 0.0752. The lowest BCUT2D eigenvalue weighted by atomic mass is 10.1. The highest BCUT2D eigenvalue weighted by Gasteiger charge is 2.38. The fourth-order valence-electron chi connectivity index (χ4n) is 2.18. The number of nitrogens with one attached hydrogen (secondary N) is 2. The lowest BCUT2D eigenvalue weighted by Crippen LogP contribution is -2.30. The maximum atomic E-state index is 13.7. The van der Waals surface area contributed by atoms with Crippen LogP contribution in [0.15, 0.2) is 53.6 Å². The first kappa shape index (κ1) is 24.5. The fourth-order valence-corrected chi connectivity index (χ4v) is 2.34. The number of aromatic nitrogens is 3. The summed E-state index contributed by atoms with van der Waals surface area (Å²) >= 11 is 5.69. The number of benzene rings is 1. The molecule has 1 aromatic carbocycles. The zero-order valence-corrected chi connectivity index (χ0v) is 16.5. The van der Waals surface area contributed by atoms with Crippen molar-refractivity contribution in [2.24, 2.45) is 0 Å². The molecule has 0 unspecified atom stereocenters. The van der Waals surface area contributed by atoms with Crippen molar-refractivity contribution in [2.45, 2.75) is 12.7 Å². The van der Waals surface area contributed by atoms with Crippen LogP contribution in [0, 0.1) is 5.82 Å². The summed E-state index contributed by atoms with van der Waals surface area (Å²) in [6, 6.07) is 8.92. The number of carboxylic acid groups (broad SMARTS) is 1. The smallest absolute Gasteiger partial charge is 0.475 e. The molecule has 168 valence electrons. The van der Waals surface area contributed by atoms with Gasteiger partial charge in [0.15, 0.2) is 0 Å². The Morgan fingerprint density at radius 2 is 1.75 bits per heavy atom. The van der Waals surface area contributed by atoms with E-state index >= 15 is 0 Å². The Kier molecular flexibility index (Phi) is 8.02. The van der Waals surface area contributed by atoms with Crippen LogP contribution in [0.2, 0.25) is 5.02 Å². The summed E-state index contributed by atoms with van der Waals surface area (Å²) in [5.74, 6) is -3.92. The van der Waals surface area contributed by atoms with E-state index in [0.29, 0.717) is 11.3 Å². The molecule has 0 spiro atoms. The standard InChI is InChI=1S/C17H12ClFN4O2.C2HF3O2/c18-12-2-1-11(14(19)7-12)9-21-16(24)13-8-15(22-23-17(13)25)10-3-5-20-6-4-10;3-2(4,5)1(6)7/h1-8H,9H2,(H,21,24)(H,23,25);(H,6,7). The van der Waals surface area contributed by atoms with Crippen molar-refractivity contribution < 1.29 is 32.3 Å². The highest BCUT2D eigenvalue weighted by Crippen LogP contribution is 2.16. The minimum Gasteiger partial charge on any atom is -0.475 e. The molecule has 0 aliphatic heterocycles. The number of rotatable bonds is 4. The van der Waals surface area contributed by atoms with Gasteiger partial charge in [-0.3, -0.25) is 14.6 Å². The number of pyridine rings is 1. The predicted molar refractivity (Wildman–Crippen MR) is 104 cm³/mol. The normalized spacial score (nSPS) is 10.7. The van der Waals surface area contributed by atoms with E-state index in [1.54, 1.807) is 24.5 Å². The van der Waals surface area contributed by atoms with E-state index in [2.05, 4.69) is 20.5 Å². The van der Waals surface area contributed by atoms with E-state index < -0.39 is 29.4 Å². The summed E-state index contributed by atoms with van der Waals surface area (Å²) in [5, 5.41) is 16.1. The van der Waals surface area contributed by atoms with Crippen molar-refractivity contribution in [3.63, 3.8) is 0 Å². The Hall–Kier alpha value is -3.80. The molecule has 0 aliphatic carbocycles. The van der Waals surface area contributed by atoms with Gasteiger partial charge in [-0.2, -0.15) is 18.3 Å². The zero-order chi connectivity index (χ0) is 23.9. The van der Waals surface area contributed by atoms with Crippen LogP contribution in [0.1, 0.15) is 15.9 Å². The molecule has 0 atom stereocenters. The Bertz CT molecular complexity index is 1170. The van der Waals surface area contributed by atoms with E-state index in [1.807, 2.05) is 0 Å². The van der Waals surface area contributed by atoms with Crippen LogP contribution in [0.25, 0.3) is 11.3 Å². The van der Waals surface area contributed by atoms with Crippen LogP contribution in [-0.2, 0) is 11.3 Å². The average molecular weight is 473 g/mol. The van der Waals surface area contributed by atoms with Crippen LogP contribution < -0.4 is 10.9 Å². The number of alkyl halides is 3. The van der Waals surface area contributed by atoms with Gasteiger partial charge in [-0.25, -0.2) is 14.3 Å². The lowest BCUT2D eigenvalue weighted by Gasteiger charge is -2.07. The van der Waals surface area contributed by atoms with E-state index in [-0.39, 0.29) is 22.7 Å². The fraction of sp³-hybridized carbons (Fsp3) is 0.105. The molecule has 13 heteroatoms. The maximum Gasteiger partial charge on any atom is 0.490 e. The predicted octanol–water partition coefficient (Wildman–Crippen LogP) is 3.19. The van der Waals surface area contributed by atoms with Crippen molar-refractivity contribution in [2.75, 3.05) is 0 Å². The van der Waals surface area contributed by atoms with Gasteiger partial charge in [0.2, 0.25) is 0 Å². The summed E-state index contributed by atoms with van der Waals surface area (Å²) in [5.41, 5.74) is 0.634. The maximum absolute atomic E-state index is 13.7. The SMILES string of the molecule is O=C(NCc1ccc(Cl)cc1F)c1cc(-c2ccncc2)n[nH]c1=O.O=C(O)C(F)(F)F.